The summed E-state index contributed by atoms with van der Waals surface area (Å²) < 4.78 is 11.1. The number of hydrogen-bond acceptors (Lipinski definition) is 4. The van der Waals surface area contributed by atoms with E-state index in [0.717, 1.165) is 36.6 Å². The molecule has 1 N–H and O–H groups in total. The Bertz CT molecular complexity index is 716. The predicted molar refractivity (Wildman–Crippen MR) is 94.0 cm³/mol. The number of benzene rings is 2. The van der Waals surface area contributed by atoms with Gasteiger partial charge >= 0.3 is 0 Å². The molecule has 4 heteroatoms. The minimum Gasteiger partial charge on any atom is -0.486 e. The first kappa shape index (κ1) is 15.3. The van der Waals surface area contributed by atoms with Crippen molar-refractivity contribution in [2.24, 2.45) is 0 Å². The van der Waals surface area contributed by atoms with Crippen LogP contribution in [0.1, 0.15) is 30.1 Å². The number of fused-ring (bicyclic) bond motifs is 2. The molecule has 1 unspecified atom stereocenters. The molecule has 126 valence electrons. The van der Waals surface area contributed by atoms with Gasteiger partial charge in [-0.05, 0) is 48.6 Å². The van der Waals surface area contributed by atoms with E-state index >= 15 is 0 Å². The van der Waals surface area contributed by atoms with Crippen molar-refractivity contribution in [3.8, 4) is 11.5 Å². The number of aryl methyl sites for hydroxylation is 1. The Balaban J connectivity index is 1.43. The van der Waals surface area contributed by atoms with E-state index in [1.165, 1.54) is 17.7 Å². The Morgan fingerprint density at radius 2 is 1.88 bits per heavy atom. The third kappa shape index (κ3) is 3.06. The zero-order valence-corrected chi connectivity index (χ0v) is 13.8. The molecule has 0 bridgehead atoms. The van der Waals surface area contributed by atoms with Gasteiger partial charge in [-0.2, -0.15) is 0 Å². The zero-order chi connectivity index (χ0) is 16.4. The molecule has 24 heavy (non-hydrogen) atoms. The van der Waals surface area contributed by atoms with Crippen molar-refractivity contribution in [2.75, 3.05) is 31.2 Å². The van der Waals surface area contributed by atoms with Crippen LogP contribution in [0, 0.1) is 0 Å². The summed E-state index contributed by atoms with van der Waals surface area (Å²) in [7, 11) is 0. The second-order valence-corrected chi connectivity index (χ2v) is 6.43. The lowest BCUT2D eigenvalue weighted by molar-refractivity contribution is 0.160. The van der Waals surface area contributed by atoms with Crippen molar-refractivity contribution >= 4 is 5.69 Å². The predicted octanol–water partition coefficient (Wildman–Crippen LogP) is 3.33. The number of hydrogen-bond donors (Lipinski definition) is 1. The van der Waals surface area contributed by atoms with Gasteiger partial charge in [-0.1, -0.05) is 24.3 Å². The SMILES string of the molecule is OC(CCN1CCCc2ccccc21)c1ccc2c(c1)OCCO2. The maximum Gasteiger partial charge on any atom is 0.161 e. The fourth-order valence-electron chi connectivity index (χ4n) is 3.56. The maximum atomic E-state index is 10.6. The Hall–Kier alpha value is -2.20. The molecule has 0 saturated carbocycles. The van der Waals surface area contributed by atoms with Crippen molar-refractivity contribution < 1.29 is 14.6 Å². The fourth-order valence-corrected chi connectivity index (χ4v) is 3.56. The van der Waals surface area contributed by atoms with E-state index < -0.39 is 6.10 Å². The van der Waals surface area contributed by atoms with Crippen LogP contribution in [0.3, 0.4) is 0 Å². The van der Waals surface area contributed by atoms with Crippen molar-refractivity contribution in [2.45, 2.75) is 25.4 Å². The molecule has 2 heterocycles. The highest BCUT2D eigenvalue weighted by Crippen LogP contribution is 2.34. The smallest absolute Gasteiger partial charge is 0.161 e. The van der Waals surface area contributed by atoms with E-state index in [4.69, 9.17) is 9.47 Å². The molecule has 1 atom stereocenters. The highest BCUT2D eigenvalue weighted by atomic mass is 16.6. The lowest BCUT2D eigenvalue weighted by Crippen LogP contribution is -2.31. The summed E-state index contributed by atoms with van der Waals surface area (Å²) in [4.78, 5) is 2.39. The normalized spacial score (nSPS) is 17.3. The van der Waals surface area contributed by atoms with E-state index in [9.17, 15) is 5.11 Å². The summed E-state index contributed by atoms with van der Waals surface area (Å²) in [6.07, 6.45) is 2.54. The zero-order valence-electron chi connectivity index (χ0n) is 13.8. The van der Waals surface area contributed by atoms with Gasteiger partial charge in [0, 0.05) is 18.8 Å². The van der Waals surface area contributed by atoms with Crippen LogP contribution in [0.5, 0.6) is 11.5 Å². The van der Waals surface area contributed by atoms with E-state index in [0.29, 0.717) is 19.6 Å². The molecule has 0 aromatic heterocycles. The number of aliphatic hydroxyl groups excluding tert-OH is 1. The highest BCUT2D eigenvalue weighted by Gasteiger charge is 2.19. The molecule has 2 aromatic carbocycles. The average Bonchev–Trinajstić information content (AvgIpc) is 2.65. The van der Waals surface area contributed by atoms with Crippen molar-refractivity contribution in [1.82, 2.24) is 0 Å². The van der Waals surface area contributed by atoms with Crippen molar-refractivity contribution in [3.05, 3.63) is 53.6 Å². The van der Waals surface area contributed by atoms with Crippen molar-refractivity contribution in [1.29, 1.82) is 0 Å². The maximum absolute atomic E-state index is 10.6. The molecule has 2 aliphatic heterocycles. The number of anilines is 1. The van der Waals surface area contributed by atoms with E-state index in [-0.39, 0.29) is 0 Å². The third-order valence-electron chi connectivity index (χ3n) is 4.83. The van der Waals surface area contributed by atoms with Gasteiger partial charge in [0.05, 0.1) is 6.10 Å². The van der Waals surface area contributed by atoms with E-state index in [1.807, 2.05) is 18.2 Å². The first-order chi connectivity index (χ1) is 11.8. The summed E-state index contributed by atoms with van der Waals surface area (Å²) in [5.74, 6) is 1.50. The van der Waals surface area contributed by atoms with Gasteiger partial charge in [0.2, 0.25) is 0 Å². The molecule has 0 saturated heterocycles. The molecular formula is C20H23NO3. The van der Waals surface area contributed by atoms with Crippen LogP contribution in [0.15, 0.2) is 42.5 Å². The first-order valence-corrected chi connectivity index (χ1v) is 8.72. The molecule has 0 radical (unpaired) electrons. The van der Waals surface area contributed by atoms with Crippen LogP contribution in [0.4, 0.5) is 5.69 Å². The highest BCUT2D eigenvalue weighted by molar-refractivity contribution is 5.55. The quantitative estimate of drug-likeness (QED) is 0.936. The molecule has 4 nitrogen and oxygen atoms in total. The monoisotopic (exact) mass is 325 g/mol. The average molecular weight is 325 g/mol. The van der Waals surface area contributed by atoms with Crippen LogP contribution in [0.2, 0.25) is 0 Å². The van der Waals surface area contributed by atoms with Crippen LogP contribution >= 0.6 is 0 Å². The van der Waals surface area contributed by atoms with Crippen LogP contribution in [0.25, 0.3) is 0 Å². The molecular weight excluding hydrogens is 302 g/mol. The van der Waals surface area contributed by atoms with Gasteiger partial charge < -0.3 is 19.5 Å². The summed E-state index contributed by atoms with van der Waals surface area (Å²) in [6.45, 7) is 3.07. The van der Waals surface area contributed by atoms with Crippen LogP contribution in [-0.2, 0) is 6.42 Å². The van der Waals surface area contributed by atoms with Gasteiger partial charge in [-0.15, -0.1) is 0 Å². The second-order valence-electron chi connectivity index (χ2n) is 6.43. The lowest BCUT2D eigenvalue weighted by atomic mass is 10.0. The Labute approximate surface area is 142 Å². The number of aliphatic hydroxyl groups is 1. The topological polar surface area (TPSA) is 41.9 Å². The van der Waals surface area contributed by atoms with Gasteiger partial charge in [0.1, 0.15) is 13.2 Å². The minimum atomic E-state index is -0.491. The van der Waals surface area contributed by atoms with Crippen molar-refractivity contribution in [3.63, 3.8) is 0 Å². The number of rotatable bonds is 4. The third-order valence-corrected chi connectivity index (χ3v) is 4.83. The number of para-hydroxylation sites is 1. The number of nitrogens with zero attached hydrogens (tertiary/aromatic N) is 1. The minimum absolute atomic E-state index is 0.491. The molecule has 0 aliphatic carbocycles. The molecule has 0 fully saturated rings. The second kappa shape index (κ2) is 6.73. The Morgan fingerprint density at radius 3 is 2.79 bits per heavy atom. The molecule has 0 amide bonds. The molecule has 2 aliphatic rings. The van der Waals surface area contributed by atoms with Gasteiger partial charge in [0.25, 0.3) is 0 Å². The number of ether oxygens (including phenoxy) is 2. The summed E-state index contributed by atoms with van der Waals surface area (Å²) in [5, 5.41) is 10.6. The largest absolute Gasteiger partial charge is 0.486 e. The van der Waals surface area contributed by atoms with E-state index in [2.05, 4.69) is 29.2 Å². The molecule has 2 aromatic rings. The van der Waals surface area contributed by atoms with E-state index in [1.54, 1.807) is 0 Å². The molecule has 4 rings (SSSR count). The summed E-state index contributed by atoms with van der Waals surface area (Å²) in [5.41, 5.74) is 3.63. The Kier molecular flexibility index (Phi) is 4.30. The molecule has 0 spiro atoms. The first-order valence-electron chi connectivity index (χ1n) is 8.72. The Morgan fingerprint density at radius 1 is 1.04 bits per heavy atom. The fraction of sp³-hybridized carbons (Fsp3) is 0.400. The van der Waals surface area contributed by atoms with Gasteiger partial charge in [-0.3, -0.25) is 0 Å². The lowest BCUT2D eigenvalue weighted by Gasteiger charge is -2.32. The van der Waals surface area contributed by atoms with Gasteiger partial charge in [-0.25, -0.2) is 0 Å². The summed E-state index contributed by atoms with van der Waals surface area (Å²) in [6, 6.07) is 14.3. The van der Waals surface area contributed by atoms with Crippen LogP contribution < -0.4 is 14.4 Å². The van der Waals surface area contributed by atoms with Gasteiger partial charge in [0.15, 0.2) is 11.5 Å². The standard InChI is InChI=1S/C20H23NO3/c22-18(16-7-8-19-20(14-16)24-13-12-23-19)9-11-21-10-3-5-15-4-1-2-6-17(15)21/h1-2,4,6-8,14,18,22H,3,5,9-13H2. The van der Waals surface area contributed by atoms with Crippen LogP contribution in [-0.4, -0.2) is 31.4 Å². The summed E-state index contributed by atoms with van der Waals surface area (Å²) >= 11 is 0.